The number of carbonyl (C=O) groups is 1. The van der Waals surface area contributed by atoms with E-state index < -0.39 is 15.9 Å². The number of halogens is 4. The van der Waals surface area contributed by atoms with E-state index >= 15 is 0 Å². The Kier molecular flexibility index (Phi) is 3.40. The second-order valence-electron chi connectivity index (χ2n) is 4.07. The minimum Gasteiger partial charge on any atom is -0.611 e. The molecule has 1 atom stereocenters. The molecule has 2 nitrogen and oxygen atoms in total. The summed E-state index contributed by atoms with van der Waals surface area (Å²) in [6.07, 6.45) is 0. The first-order chi connectivity index (χ1) is 7.71. The normalized spacial score (nSPS) is 21.8. The van der Waals surface area contributed by atoms with Crippen LogP contribution in [0.15, 0.2) is 4.90 Å². The van der Waals surface area contributed by atoms with Gasteiger partial charge in [-0.05, 0) is 13.8 Å². The quantitative estimate of drug-likeness (QED) is 0.402. The molecule has 1 heterocycles. The van der Waals surface area contributed by atoms with Crippen LogP contribution in [0.4, 0.5) is 0 Å². The van der Waals surface area contributed by atoms with Gasteiger partial charge in [-0.3, -0.25) is 4.79 Å². The maximum Gasteiger partial charge on any atom is 0.224 e. The van der Waals surface area contributed by atoms with Gasteiger partial charge in [0.25, 0.3) is 0 Å². The maximum atomic E-state index is 12.2. The lowest BCUT2D eigenvalue weighted by Gasteiger charge is -2.18. The molecule has 0 fully saturated rings. The fourth-order valence-corrected chi connectivity index (χ4v) is 4.32. The van der Waals surface area contributed by atoms with Gasteiger partial charge in [-0.2, -0.15) is 0 Å². The molecule has 1 aliphatic rings. The van der Waals surface area contributed by atoms with Gasteiger partial charge in [0.1, 0.15) is 10.6 Å². The summed E-state index contributed by atoms with van der Waals surface area (Å²) in [6.45, 7) is 3.14. The number of benzene rings is 1. The average molecular weight is 332 g/mol. The molecular formula is C10H6Cl4O2S. The van der Waals surface area contributed by atoms with Crippen molar-refractivity contribution in [1.29, 1.82) is 0 Å². The van der Waals surface area contributed by atoms with Crippen LogP contribution >= 0.6 is 46.4 Å². The van der Waals surface area contributed by atoms with Crippen LogP contribution in [-0.2, 0) is 11.2 Å². The summed E-state index contributed by atoms with van der Waals surface area (Å²) in [5, 5.41) is 0.0874. The van der Waals surface area contributed by atoms with Crippen molar-refractivity contribution in [1.82, 2.24) is 0 Å². The molecular weight excluding hydrogens is 326 g/mol. The molecule has 1 unspecified atom stereocenters. The summed E-state index contributed by atoms with van der Waals surface area (Å²) in [6, 6.07) is 0. The zero-order chi connectivity index (χ0) is 13.1. The van der Waals surface area contributed by atoms with E-state index in [2.05, 4.69) is 0 Å². The van der Waals surface area contributed by atoms with Crippen molar-refractivity contribution in [3.63, 3.8) is 0 Å². The molecule has 17 heavy (non-hydrogen) atoms. The number of hydrogen-bond acceptors (Lipinski definition) is 2. The second-order valence-corrected chi connectivity index (χ2v) is 7.55. The Labute approximate surface area is 121 Å². The smallest absolute Gasteiger partial charge is 0.224 e. The van der Waals surface area contributed by atoms with Crippen LogP contribution in [0.25, 0.3) is 0 Å². The van der Waals surface area contributed by atoms with E-state index in [1.807, 2.05) is 0 Å². The highest BCUT2D eigenvalue weighted by Crippen LogP contribution is 2.51. The first kappa shape index (κ1) is 13.8. The predicted molar refractivity (Wildman–Crippen MR) is 71.3 cm³/mol. The molecule has 0 radical (unpaired) electrons. The lowest BCUT2D eigenvalue weighted by molar-refractivity contribution is 0.0958. The van der Waals surface area contributed by atoms with Gasteiger partial charge in [-0.25, -0.2) is 0 Å². The number of ketones is 1. The van der Waals surface area contributed by atoms with Crippen molar-refractivity contribution in [2.24, 2.45) is 0 Å². The Balaban J connectivity index is 2.89. The summed E-state index contributed by atoms with van der Waals surface area (Å²) >= 11 is 22.1. The Bertz CT molecular complexity index is 542. The number of rotatable bonds is 0. The van der Waals surface area contributed by atoms with E-state index in [9.17, 15) is 9.35 Å². The van der Waals surface area contributed by atoms with E-state index in [0.29, 0.717) is 0 Å². The van der Waals surface area contributed by atoms with Gasteiger partial charge in [0.05, 0.1) is 15.1 Å². The lowest BCUT2D eigenvalue weighted by Crippen LogP contribution is -2.34. The fourth-order valence-electron chi connectivity index (χ4n) is 1.63. The molecule has 1 aromatic carbocycles. The van der Waals surface area contributed by atoms with Crippen LogP contribution in [0.5, 0.6) is 0 Å². The Morgan fingerprint density at radius 2 is 1.47 bits per heavy atom. The van der Waals surface area contributed by atoms with Crippen molar-refractivity contribution in [3.8, 4) is 0 Å². The van der Waals surface area contributed by atoms with Crippen LogP contribution in [0, 0.1) is 0 Å². The third kappa shape index (κ3) is 1.71. The van der Waals surface area contributed by atoms with Crippen LogP contribution < -0.4 is 0 Å². The third-order valence-corrected chi connectivity index (χ3v) is 6.45. The highest BCUT2D eigenvalue weighted by Gasteiger charge is 2.54. The minimum absolute atomic E-state index is 0.0139. The van der Waals surface area contributed by atoms with Gasteiger partial charge in [0, 0.05) is 11.2 Å². The monoisotopic (exact) mass is 330 g/mol. The van der Waals surface area contributed by atoms with Crippen molar-refractivity contribution in [2.75, 3.05) is 0 Å². The highest BCUT2D eigenvalue weighted by molar-refractivity contribution is 7.94. The molecule has 0 N–H and O–H groups in total. The van der Waals surface area contributed by atoms with Gasteiger partial charge < -0.3 is 4.55 Å². The zero-order valence-electron chi connectivity index (χ0n) is 8.74. The van der Waals surface area contributed by atoms with Crippen molar-refractivity contribution >= 4 is 63.4 Å². The van der Waals surface area contributed by atoms with Crippen molar-refractivity contribution in [3.05, 3.63) is 25.7 Å². The van der Waals surface area contributed by atoms with E-state index in [4.69, 9.17) is 46.4 Å². The van der Waals surface area contributed by atoms with E-state index in [1.54, 1.807) is 13.8 Å². The SMILES string of the molecule is CC1(C)C(=O)c2c(Cl)c(Cl)c(Cl)c(Cl)c2[S+]1[O-]. The molecule has 0 aliphatic carbocycles. The molecule has 0 aromatic heterocycles. The zero-order valence-corrected chi connectivity index (χ0v) is 12.6. The largest absolute Gasteiger partial charge is 0.611 e. The van der Waals surface area contributed by atoms with Crippen LogP contribution in [-0.4, -0.2) is 15.1 Å². The highest BCUT2D eigenvalue weighted by atomic mass is 35.5. The summed E-state index contributed by atoms with van der Waals surface area (Å²) in [4.78, 5) is 12.3. The molecule has 0 spiro atoms. The molecule has 7 heteroatoms. The predicted octanol–water partition coefficient (Wildman–Crippen LogP) is 4.38. The van der Waals surface area contributed by atoms with Gasteiger partial charge in [0.15, 0.2) is 9.64 Å². The molecule has 0 amide bonds. The number of fused-ring (bicyclic) bond motifs is 1. The van der Waals surface area contributed by atoms with Gasteiger partial charge in [-0.15, -0.1) is 0 Å². The molecule has 0 bridgehead atoms. The summed E-state index contributed by atoms with van der Waals surface area (Å²) < 4.78 is 11.1. The molecule has 0 saturated heterocycles. The topological polar surface area (TPSA) is 40.1 Å². The molecule has 92 valence electrons. The van der Waals surface area contributed by atoms with Crippen molar-refractivity contribution < 1.29 is 9.35 Å². The average Bonchev–Trinajstić information content (AvgIpc) is 2.45. The second kappa shape index (κ2) is 4.19. The van der Waals surface area contributed by atoms with Gasteiger partial charge in [-0.1, -0.05) is 46.4 Å². The van der Waals surface area contributed by atoms with E-state index in [1.165, 1.54) is 0 Å². The molecule has 1 aromatic rings. The third-order valence-electron chi connectivity index (χ3n) is 2.65. The standard InChI is InChI=1S/C10H6Cl4O2S/c1-10(2)9(15)3-4(11)5(12)6(13)7(14)8(3)17(10)16/h1-2H3. The fraction of sp³-hybridized carbons (Fsp3) is 0.300. The van der Waals surface area contributed by atoms with Gasteiger partial charge in [0.2, 0.25) is 5.78 Å². The van der Waals surface area contributed by atoms with Crippen LogP contribution in [0.2, 0.25) is 20.1 Å². The number of hydrogen-bond donors (Lipinski definition) is 0. The Morgan fingerprint density at radius 3 is 2.00 bits per heavy atom. The molecule has 2 rings (SSSR count). The Morgan fingerprint density at radius 1 is 1.00 bits per heavy atom. The van der Waals surface area contributed by atoms with E-state index in [0.717, 1.165) is 0 Å². The number of Topliss-reactive ketones (excluding diaryl/α,β-unsaturated/α-hetero) is 1. The molecule has 1 aliphatic heterocycles. The first-order valence-corrected chi connectivity index (χ1v) is 7.20. The van der Waals surface area contributed by atoms with Crippen LogP contribution in [0.3, 0.4) is 0 Å². The van der Waals surface area contributed by atoms with E-state index in [-0.39, 0.29) is 36.3 Å². The lowest BCUT2D eigenvalue weighted by atomic mass is 10.0. The summed E-state index contributed by atoms with van der Waals surface area (Å²) in [7, 11) is 0. The summed E-state index contributed by atoms with van der Waals surface area (Å²) in [5.41, 5.74) is 0.120. The Hall–Kier alpha value is 0.360. The first-order valence-electron chi connectivity index (χ1n) is 4.53. The number of carbonyl (C=O) groups excluding carboxylic acids is 1. The van der Waals surface area contributed by atoms with Gasteiger partial charge >= 0.3 is 0 Å². The van der Waals surface area contributed by atoms with Crippen LogP contribution in [0.1, 0.15) is 24.2 Å². The minimum atomic E-state index is -1.59. The summed E-state index contributed by atoms with van der Waals surface area (Å²) in [5.74, 6) is -0.337. The maximum absolute atomic E-state index is 12.2. The van der Waals surface area contributed by atoms with Crippen molar-refractivity contribution in [2.45, 2.75) is 23.5 Å². The molecule has 0 saturated carbocycles.